The van der Waals surface area contributed by atoms with Crippen LogP contribution in [-0.4, -0.2) is 25.2 Å². The fourth-order valence-corrected chi connectivity index (χ4v) is 3.06. The van der Waals surface area contributed by atoms with Gasteiger partial charge in [-0.2, -0.15) is 5.10 Å². The third-order valence-electron chi connectivity index (χ3n) is 4.29. The van der Waals surface area contributed by atoms with Crippen molar-refractivity contribution in [2.24, 2.45) is 0 Å². The molecule has 0 radical (unpaired) electrons. The third kappa shape index (κ3) is 4.26. The van der Waals surface area contributed by atoms with Crippen molar-refractivity contribution in [2.75, 3.05) is 0 Å². The van der Waals surface area contributed by atoms with E-state index in [0.717, 1.165) is 15.8 Å². The molecule has 0 bridgehead atoms. The molecule has 9 heteroatoms. The summed E-state index contributed by atoms with van der Waals surface area (Å²) in [5.41, 5.74) is 1.41. The van der Waals surface area contributed by atoms with Crippen LogP contribution in [-0.2, 0) is 11.3 Å². The van der Waals surface area contributed by atoms with Gasteiger partial charge in [0, 0.05) is 11.2 Å². The Kier molecular flexibility index (Phi) is 5.86. The van der Waals surface area contributed by atoms with Crippen LogP contribution in [0.1, 0.15) is 29.9 Å². The van der Waals surface area contributed by atoms with Crippen molar-refractivity contribution in [2.45, 2.75) is 33.4 Å². The normalized spacial score (nSPS) is 12.0. The van der Waals surface area contributed by atoms with E-state index in [1.807, 2.05) is 26.0 Å². The van der Waals surface area contributed by atoms with Gasteiger partial charge in [-0.1, -0.05) is 35.3 Å². The van der Waals surface area contributed by atoms with Gasteiger partial charge >= 0.3 is 5.69 Å². The minimum atomic E-state index is -0.447. The van der Waals surface area contributed by atoms with Crippen molar-refractivity contribution >= 4 is 29.1 Å². The maximum atomic E-state index is 12.6. The molecule has 3 aromatic rings. The lowest BCUT2D eigenvalue weighted by molar-refractivity contribution is -0.122. The SMILES string of the molecule is Cc1cc([C@H](C)NC(=O)Cn2nc(C)n(-c3ccc(Cl)cn3)c2=O)ccc1Cl. The number of nitrogens with one attached hydrogen (secondary N) is 1. The average molecular weight is 420 g/mol. The first-order valence-corrected chi connectivity index (χ1v) is 9.35. The number of nitrogens with zero attached hydrogens (tertiary/aromatic N) is 4. The first-order chi connectivity index (χ1) is 13.3. The number of benzene rings is 1. The van der Waals surface area contributed by atoms with Gasteiger partial charge in [-0.25, -0.2) is 19.0 Å². The van der Waals surface area contributed by atoms with Gasteiger partial charge in [0.15, 0.2) is 0 Å². The number of halogens is 2. The zero-order chi connectivity index (χ0) is 20.4. The van der Waals surface area contributed by atoms with Crippen molar-refractivity contribution in [1.29, 1.82) is 0 Å². The van der Waals surface area contributed by atoms with Crippen molar-refractivity contribution in [3.8, 4) is 5.82 Å². The molecule has 1 atom stereocenters. The van der Waals surface area contributed by atoms with Crippen LogP contribution < -0.4 is 11.0 Å². The predicted molar refractivity (Wildman–Crippen MR) is 108 cm³/mol. The second-order valence-electron chi connectivity index (χ2n) is 6.46. The average Bonchev–Trinajstić information content (AvgIpc) is 2.91. The van der Waals surface area contributed by atoms with Gasteiger partial charge in [0.05, 0.1) is 11.1 Å². The number of rotatable bonds is 5. The molecule has 0 saturated heterocycles. The summed E-state index contributed by atoms with van der Waals surface area (Å²) < 4.78 is 2.44. The summed E-state index contributed by atoms with van der Waals surface area (Å²) in [6.07, 6.45) is 1.45. The Morgan fingerprint density at radius 3 is 2.61 bits per heavy atom. The Hall–Kier alpha value is -2.64. The smallest absolute Gasteiger partial charge is 0.348 e. The fraction of sp³-hybridized carbons (Fsp3) is 0.263. The van der Waals surface area contributed by atoms with E-state index in [-0.39, 0.29) is 18.5 Å². The molecule has 1 N–H and O–H groups in total. The van der Waals surface area contributed by atoms with Gasteiger partial charge in [0.2, 0.25) is 5.91 Å². The van der Waals surface area contributed by atoms with Gasteiger partial charge < -0.3 is 5.32 Å². The topological polar surface area (TPSA) is 81.8 Å². The molecule has 0 unspecified atom stereocenters. The van der Waals surface area contributed by atoms with Crippen molar-refractivity contribution in [1.82, 2.24) is 24.6 Å². The summed E-state index contributed by atoms with van der Waals surface area (Å²) in [4.78, 5) is 29.2. The number of carbonyl (C=O) groups excluding carboxylic acids is 1. The summed E-state index contributed by atoms with van der Waals surface area (Å²) in [5.74, 6) is 0.494. The Bertz CT molecular complexity index is 1070. The van der Waals surface area contributed by atoms with Crippen LogP contribution in [0.25, 0.3) is 5.82 Å². The van der Waals surface area contributed by atoms with Crippen LogP contribution in [0, 0.1) is 13.8 Å². The first kappa shape index (κ1) is 20.1. The van der Waals surface area contributed by atoms with E-state index < -0.39 is 5.69 Å². The molecule has 7 nitrogen and oxygen atoms in total. The quantitative estimate of drug-likeness (QED) is 0.687. The number of hydrogen-bond acceptors (Lipinski definition) is 4. The molecule has 0 fully saturated rings. The zero-order valence-electron chi connectivity index (χ0n) is 15.6. The second-order valence-corrected chi connectivity index (χ2v) is 7.30. The molecule has 146 valence electrons. The number of aromatic nitrogens is 4. The van der Waals surface area contributed by atoms with E-state index in [4.69, 9.17) is 23.2 Å². The van der Waals surface area contributed by atoms with Gasteiger partial charge in [0.1, 0.15) is 18.2 Å². The summed E-state index contributed by atoms with van der Waals surface area (Å²) in [7, 11) is 0. The molecule has 2 aromatic heterocycles. The van der Waals surface area contributed by atoms with E-state index in [2.05, 4.69) is 15.4 Å². The number of aryl methyl sites for hydroxylation is 2. The highest BCUT2D eigenvalue weighted by molar-refractivity contribution is 6.31. The van der Waals surface area contributed by atoms with Crippen LogP contribution in [0.5, 0.6) is 0 Å². The molecular formula is C19H19Cl2N5O2. The molecule has 2 heterocycles. The lowest BCUT2D eigenvalue weighted by Gasteiger charge is -2.15. The van der Waals surface area contributed by atoms with E-state index in [1.165, 1.54) is 10.8 Å². The predicted octanol–water partition coefficient (Wildman–Crippen LogP) is 3.23. The van der Waals surface area contributed by atoms with Crippen LogP contribution in [0.3, 0.4) is 0 Å². The minimum Gasteiger partial charge on any atom is -0.348 e. The molecule has 1 aromatic carbocycles. The second kappa shape index (κ2) is 8.16. The van der Waals surface area contributed by atoms with E-state index in [0.29, 0.717) is 21.7 Å². The number of pyridine rings is 1. The summed E-state index contributed by atoms with van der Waals surface area (Å²) in [6.45, 7) is 5.24. The van der Waals surface area contributed by atoms with Crippen LogP contribution in [0.2, 0.25) is 10.0 Å². The number of amides is 1. The van der Waals surface area contributed by atoms with Crippen LogP contribution >= 0.6 is 23.2 Å². The van der Waals surface area contributed by atoms with E-state index in [9.17, 15) is 9.59 Å². The molecule has 0 aliphatic carbocycles. The summed E-state index contributed by atoms with van der Waals surface area (Å²) in [6, 6.07) is 8.59. The maximum Gasteiger partial charge on any atom is 0.352 e. The van der Waals surface area contributed by atoms with Crippen LogP contribution in [0.15, 0.2) is 41.3 Å². The number of carbonyl (C=O) groups is 1. The highest BCUT2D eigenvalue weighted by Crippen LogP contribution is 2.20. The highest BCUT2D eigenvalue weighted by Gasteiger charge is 2.17. The Morgan fingerprint density at radius 1 is 1.21 bits per heavy atom. The molecule has 28 heavy (non-hydrogen) atoms. The highest BCUT2D eigenvalue weighted by atomic mass is 35.5. The Morgan fingerprint density at radius 2 is 1.96 bits per heavy atom. The standard InChI is InChI=1S/C19H19Cl2N5O2/c1-11-8-14(4-6-16(11)21)12(2)23-18(27)10-25-19(28)26(13(3)24-25)17-7-5-15(20)9-22-17/h4-9,12H,10H2,1-3H3,(H,23,27)/t12-/m0/s1. The zero-order valence-corrected chi connectivity index (χ0v) is 17.1. The molecule has 0 saturated carbocycles. The molecular weight excluding hydrogens is 401 g/mol. The lowest BCUT2D eigenvalue weighted by Crippen LogP contribution is -2.34. The minimum absolute atomic E-state index is 0.197. The van der Waals surface area contributed by atoms with Gasteiger partial charge in [-0.05, 0) is 50.1 Å². The van der Waals surface area contributed by atoms with E-state index >= 15 is 0 Å². The Labute approximate surface area is 171 Å². The van der Waals surface area contributed by atoms with Gasteiger partial charge in [0.25, 0.3) is 0 Å². The van der Waals surface area contributed by atoms with Gasteiger partial charge in [-0.3, -0.25) is 4.79 Å². The fourth-order valence-electron chi connectivity index (χ4n) is 2.83. The van der Waals surface area contributed by atoms with Crippen molar-refractivity contribution in [3.63, 3.8) is 0 Å². The largest absolute Gasteiger partial charge is 0.352 e. The van der Waals surface area contributed by atoms with Crippen molar-refractivity contribution in [3.05, 3.63) is 74.0 Å². The lowest BCUT2D eigenvalue weighted by atomic mass is 10.1. The summed E-state index contributed by atoms with van der Waals surface area (Å²) in [5, 5.41) is 8.18. The molecule has 0 aliphatic rings. The van der Waals surface area contributed by atoms with Gasteiger partial charge in [-0.15, -0.1) is 0 Å². The van der Waals surface area contributed by atoms with Crippen LogP contribution in [0.4, 0.5) is 0 Å². The first-order valence-electron chi connectivity index (χ1n) is 8.60. The van der Waals surface area contributed by atoms with E-state index in [1.54, 1.807) is 25.1 Å². The maximum absolute atomic E-state index is 12.6. The monoisotopic (exact) mass is 419 g/mol. The summed E-state index contributed by atoms with van der Waals surface area (Å²) >= 11 is 11.9. The number of hydrogen-bond donors (Lipinski definition) is 1. The molecule has 1 amide bonds. The molecule has 0 spiro atoms. The molecule has 0 aliphatic heterocycles. The Balaban J connectivity index is 1.75. The third-order valence-corrected chi connectivity index (χ3v) is 4.94. The van der Waals surface area contributed by atoms with Crippen molar-refractivity contribution < 1.29 is 4.79 Å². The molecule has 3 rings (SSSR count).